The Hall–Kier alpha value is -3.64. The second-order valence-corrected chi connectivity index (χ2v) is 8.09. The van der Waals surface area contributed by atoms with Gasteiger partial charge in [-0.3, -0.25) is 0 Å². The van der Waals surface area contributed by atoms with Crippen molar-refractivity contribution in [3.63, 3.8) is 0 Å². The van der Waals surface area contributed by atoms with Crippen LogP contribution in [-0.2, 0) is 0 Å². The van der Waals surface area contributed by atoms with Crippen molar-refractivity contribution in [1.29, 1.82) is 0 Å². The molecule has 2 aliphatic rings. The third-order valence-electron chi connectivity index (χ3n) is 6.38. The van der Waals surface area contributed by atoms with E-state index in [0.717, 1.165) is 0 Å². The summed E-state index contributed by atoms with van der Waals surface area (Å²) in [6.45, 7) is 0. The van der Waals surface area contributed by atoms with Crippen LogP contribution >= 0.6 is 0 Å². The van der Waals surface area contributed by atoms with Crippen molar-refractivity contribution in [1.82, 2.24) is 0 Å². The molecule has 2 aliphatic carbocycles. The Morgan fingerprint density at radius 3 is 1.17 bits per heavy atom. The maximum absolute atomic E-state index is 2.29. The number of allylic oxidation sites excluding steroid dienone is 8. The van der Waals surface area contributed by atoms with E-state index in [1.807, 2.05) is 0 Å². The predicted molar refractivity (Wildman–Crippen MR) is 129 cm³/mol. The standard InChI is InChI=1S/C30H22/c1-2-10-21(9-1)25-17-5-13-23-15-7-19-27(29(23)25)28-20-8-16-24-14-6-18-26(30(24)28)22-11-3-4-12-22/h1-22H. The van der Waals surface area contributed by atoms with Gasteiger partial charge >= 0.3 is 0 Å². The van der Waals surface area contributed by atoms with Crippen molar-refractivity contribution < 1.29 is 0 Å². The normalized spacial score (nSPS) is 15.9. The minimum absolute atomic E-state index is 0.338. The molecule has 4 aromatic rings. The average molecular weight is 383 g/mol. The minimum Gasteiger partial charge on any atom is -0.0732 e. The van der Waals surface area contributed by atoms with Gasteiger partial charge in [-0.25, -0.2) is 0 Å². The number of rotatable bonds is 3. The van der Waals surface area contributed by atoms with E-state index in [2.05, 4.69) is 121 Å². The molecule has 0 radical (unpaired) electrons. The van der Waals surface area contributed by atoms with Gasteiger partial charge in [-0.15, -0.1) is 0 Å². The topological polar surface area (TPSA) is 0 Å². The van der Waals surface area contributed by atoms with Gasteiger partial charge in [-0.05, 0) is 43.8 Å². The Morgan fingerprint density at radius 2 is 0.767 bits per heavy atom. The first kappa shape index (κ1) is 17.2. The van der Waals surface area contributed by atoms with Gasteiger partial charge in [0.25, 0.3) is 0 Å². The van der Waals surface area contributed by atoms with Crippen LogP contribution < -0.4 is 0 Å². The van der Waals surface area contributed by atoms with Crippen LogP contribution in [0.2, 0.25) is 0 Å². The highest BCUT2D eigenvalue weighted by atomic mass is 14.2. The zero-order chi connectivity index (χ0) is 19.9. The van der Waals surface area contributed by atoms with Crippen LogP contribution in [0.4, 0.5) is 0 Å². The highest BCUT2D eigenvalue weighted by molar-refractivity contribution is 6.08. The van der Waals surface area contributed by atoms with Gasteiger partial charge in [0.15, 0.2) is 0 Å². The highest BCUT2D eigenvalue weighted by Gasteiger charge is 2.18. The largest absolute Gasteiger partial charge is 0.0732 e. The number of hydrogen-bond donors (Lipinski definition) is 0. The average Bonchev–Trinajstić information content (AvgIpc) is 3.52. The van der Waals surface area contributed by atoms with Crippen molar-refractivity contribution in [3.8, 4) is 11.1 Å². The molecule has 0 aliphatic heterocycles. The molecule has 0 bridgehead atoms. The fourth-order valence-electron chi connectivity index (χ4n) is 5.02. The molecule has 4 aromatic carbocycles. The fourth-order valence-corrected chi connectivity index (χ4v) is 5.02. The summed E-state index contributed by atoms with van der Waals surface area (Å²) in [4.78, 5) is 0. The molecule has 0 aromatic heterocycles. The molecule has 0 unspecified atom stereocenters. The molecular weight excluding hydrogens is 360 g/mol. The molecule has 142 valence electrons. The summed E-state index contributed by atoms with van der Waals surface area (Å²) in [5.74, 6) is 0.676. The van der Waals surface area contributed by atoms with E-state index < -0.39 is 0 Å². The van der Waals surface area contributed by atoms with Crippen LogP contribution in [-0.4, -0.2) is 0 Å². The first-order chi connectivity index (χ1) is 14.9. The molecular formula is C30H22. The summed E-state index contributed by atoms with van der Waals surface area (Å²) >= 11 is 0. The highest BCUT2D eigenvalue weighted by Crippen LogP contribution is 2.41. The van der Waals surface area contributed by atoms with Crippen molar-refractivity contribution in [2.45, 2.75) is 11.8 Å². The van der Waals surface area contributed by atoms with Gasteiger partial charge in [-0.2, -0.15) is 0 Å². The summed E-state index contributed by atoms with van der Waals surface area (Å²) in [5.41, 5.74) is 5.40. The summed E-state index contributed by atoms with van der Waals surface area (Å²) in [5, 5.41) is 5.32. The maximum Gasteiger partial charge on any atom is 0.0211 e. The predicted octanol–water partition coefficient (Wildman–Crippen LogP) is 8.08. The SMILES string of the molecule is C1=CC(c2cccc3cccc(-c4cccc5cccc(C6C=CC=C6)c45)c23)C=C1. The fraction of sp³-hybridized carbons (Fsp3) is 0.0667. The molecule has 30 heavy (non-hydrogen) atoms. The molecule has 6 rings (SSSR count). The maximum atomic E-state index is 2.29. The third-order valence-corrected chi connectivity index (χ3v) is 6.38. The van der Waals surface area contributed by atoms with E-state index in [1.165, 1.54) is 43.8 Å². The van der Waals surface area contributed by atoms with Crippen molar-refractivity contribution >= 4 is 21.5 Å². The molecule has 0 saturated carbocycles. The molecule has 0 nitrogen and oxygen atoms in total. The lowest BCUT2D eigenvalue weighted by atomic mass is 9.85. The lowest BCUT2D eigenvalue weighted by Crippen LogP contribution is -1.96. The minimum atomic E-state index is 0.338. The van der Waals surface area contributed by atoms with Gasteiger partial charge in [-0.1, -0.05) is 121 Å². The zero-order valence-corrected chi connectivity index (χ0v) is 16.7. The number of hydrogen-bond acceptors (Lipinski definition) is 0. The summed E-state index contributed by atoms with van der Waals surface area (Å²) < 4.78 is 0. The first-order valence-corrected chi connectivity index (χ1v) is 10.6. The molecule has 0 amide bonds. The molecule has 0 N–H and O–H groups in total. The second-order valence-electron chi connectivity index (χ2n) is 8.09. The molecule has 0 atom stereocenters. The lowest BCUT2D eigenvalue weighted by Gasteiger charge is -2.18. The molecule has 0 heteroatoms. The van der Waals surface area contributed by atoms with E-state index in [9.17, 15) is 0 Å². The first-order valence-electron chi connectivity index (χ1n) is 10.6. The van der Waals surface area contributed by atoms with Gasteiger partial charge in [0.1, 0.15) is 0 Å². The Labute approximate surface area is 177 Å². The van der Waals surface area contributed by atoms with Gasteiger partial charge in [0.05, 0.1) is 0 Å². The second kappa shape index (κ2) is 7.00. The zero-order valence-electron chi connectivity index (χ0n) is 16.7. The third kappa shape index (κ3) is 2.69. The van der Waals surface area contributed by atoms with E-state index in [1.54, 1.807) is 0 Å². The number of benzene rings is 4. The van der Waals surface area contributed by atoms with Gasteiger partial charge in [0.2, 0.25) is 0 Å². The van der Waals surface area contributed by atoms with Crippen molar-refractivity contribution in [2.24, 2.45) is 0 Å². The monoisotopic (exact) mass is 382 g/mol. The van der Waals surface area contributed by atoms with Crippen molar-refractivity contribution in [2.75, 3.05) is 0 Å². The van der Waals surface area contributed by atoms with E-state index >= 15 is 0 Å². The van der Waals surface area contributed by atoms with Crippen LogP contribution in [0, 0.1) is 0 Å². The van der Waals surface area contributed by atoms with Crippen molar-refractivity contribution in [3.05, 3.63) is 133 Å². The van der Waals surface area contributed by atoms with E-state index in [4.69, 9.17) is 0 Å². The molecule has 0 fully saturated rings. The Bertz CT molecular complexity index is 1250. The van der Waals surface area contributed by atoms with E-state index in [0.29, 0.717) is 11.8 Å². The Balaban J connectivity index is 1.69. The molecule has 0 heterocycles. The van der Waals surface area contributed by atoms with Crippen LogP contribution in [0.3, 0.4) is 0 Å². The Morgan fingerprint density at radius 1 is 0.400 bits per heavy atom. The number of fused-ring (bicyclic) bond motifs is 2. The molecule has 0 saturated heterocycles. The van der Waals surface area contributed by atoms with Crippen LogP contribution in [0.15, 0.2) is 121 Å². The summed E-state index contributed by atoms with van der Waals surface area (Å²) in [7, 11) is 0. The summed E-state index contributed by atoms with van der Waals surface area (Å²) in [6.07, 6.45) is 17.8. The Kier molecular flexibility index (Phi) is 4.02. The van der Waals surface area contributed by atoms with Crippen LogP contribution in [0.1, 0.15) is 23.0 Å². The lowest BCUT2D eigenvalue weighted by molar-refractivity contribution is 1.12. The summed E-state index contributed by atoms with van der Waals surface area (Å²) in [6, 6.07) is 26.8. The smallest absolute Gasteiger partial charge is 0.0211 e. The van der Waals surface area contributed by atoms with Crippen LogP contribution in [0.25, 0.3) is 32.7 Å². The van der Waals surface area contributed by atoms with Gasteiger partial charge < -0.3 is 0 Å². The quantitative estimate of drug-likeness (QED) is 0.336. The van der Waals surface area contributed by atoms with E-state index in [-0.39, 0.29) is 0 Å². The molecule has 0 spiro atoms. The van der Waals surface area contributed by atoms with Crippen LogP contribution in [0.5, 0.6) is 0 Å². The van der Waals surface area contributed by atoms with Gasteiger partial charge in [0, 0.05) is 11.8 Å².